The van der Waals surface area contributed by atoms with Gasteiger partial charge in [0.2, 0.25) is 0 Å². The maximum atomic E-state index is 11.2. The second-order valence-electron chi connectivity index (χ2n) is 4.63. The number of halogens is 1. The largest absolute Gasteiger partial charge is 0.313 e. The molecule has 0 aliphatic rings. The second-order valence-corrected chi connectivity index (χ2v) is 6.56. The van der Waals surface area contributed by atoms with Gasteiger partial charge in [-0.2, -0.15) is 5.10 Å². The van der Waals surface area contributed by atoms with Gasteiger partial charge in [0.05, 0.1) is 5.69 Å². The third kappa shape index (κ3) is 3.00. The van der Waals surface area contributed by atoms with Crippen LogP contribution in [0.2, 0.25) is 0 Å². The lowest BCUT2D eigenvalue weighted by Gasteiger charge is -2.08. The molecular formula is C12H19ClN4OS. The Labute approximate surface area is 120 Å². The van der Waals surface area contributed by atoms with Gasteiger partial charge in [-0.3, -0.25) is 8.89 Å². The molecule has 5 nitrogen and oxygen atoms in total. The number of fused-ring (bicyclic) bond motifs is 1. The van der Waals surface area contributed by atoms with Gasteiger partial charge in [-0.1, -0.05) is 0 Å². The summed E-state index contributed by atoms with van der Waals surface area (Å²) in [5.74, 6) is 2.25. The number of alkyl halides is 1. The van der Waals surface area contributed by atoms with Crippen molar-refractivity contribution in [1.29, 1.82) is 0 Å². The highest BCUT2D eigenvalue weighted by molar-refractivity contribution is 7.84. The molecule has 0 saturated heterocycles. The molecule has 0 aliphatic heterocycles. The quantitative estimate of drug-likeness (QED) is 0.762. The number of nitrogens with zero attached hydrogens (tertiary/aromatic N) is 4. The van der Waals surface area contributed by atoms with E-state index in [0.29, 0.717) is 11.6 Å². The van der Waals surface area contributed by atoms with Crippen LogP contribution in [0.4, 0.5) is 0 Å². The number of rotatable bonds is 6. The van der Waals surface area contributed by atoms with Gasteiger partial charge in [-0.05, 0) is 13.3 Å². The average molecular weight is 303 g/mol. The third-order valence-electron chi connectivity index (χ3n) is 3.10. The third-order valence-corrected chi connectivity index (χ3v) is 4.15. The standard InChI is InChI=1S/C12H19ClN4OS/c1-9-11-12(16(2)15-9)17(7-4-8-19(3)18)10(14-11)5-6-13/h4-8H2,1-3H3. The topological polar surface area (TPSA) is 52.7 Å². The van der Waals surface area contributed by atoms with E-state index in [1.165, 1.54) is 0 Å². The summed E-state index contributed by atoms with van der Waals surface area (Å²) in [6.45, 7) is 2.77. The Kier molecular flexibility index (Phi) is 4.62. The predicted molar refractivity (Wildman–Crippen MR) is 79.2 cm³/mol. The zero-order valence-electron chi connectivity index (χ0n) is 11.5. The van der Waals surface area contributed by atoms with Crippen molar-refractivity contribution in [2.24, 2.45) is 7.05 Å². The minimum Gasteiger partial charge on any atom is -0.313 e. The van der Waals surface area contributed by atoms with Crippen LogP contribution < -0.4 is 0 Å². The van der Waals surface area contributed by atoms with Crippen molar-refractivity contribution in [1.82, 2.24) is 19.3 Å². The van der Waals surface area contributed by atoms with Crippen LogP contribution in [0, 0.1) is 6.92 Å². The molecule has 0 fully saturated rings. The first kappa shape index (κ1) is 14.5. The van der Waals surface area contributed by atoms with E-state index in [2.05, 4.69) is 14.6 Å². The predicted octanol–water partition coefficient (Wildman–Crippen LogP) is 1.63. The van der Waals surface area contributed by atoms with E-state index in [0.717, 1.165) is 42.1 Å². The summed E-state index contributed by atoms with van der Waals surface area (Å²) in [6.07, 6.45) is 3.34. The molecule has 0 spiro atoms. The Morgan fingerprint density at radius 3 is 2.79 bits per heavy atom. The molecule has 0 aliphatic carbocycles. The average Bonchev–Trinajstić information content (AvgIpc) is 2.80. The van der Waals surface area contributed by atoms with Crippen LogP contribution in [0.1, 0.15) is 17.9 Å². The molecule has 0 bridgehead atoms. The van der Waals surface area contributed by atoms with E-state index in [4.69, 9.17) is 11.6 Å². The van der Waals surface area contributed by atoms with Crippen molar-refractivity contribution in [3.8, 4) is 0 Å². The molecule has 1 atom stereocenters. The molecule has 2 rings (SSSR count). The number of aryl methyl sites for hydroxylation is 4. The van der Waals surface area contributed by atoms with Crippen LogP contribution in [0.15, 0.2) is 0 Å². The molecular weight excluding hydrogens is 284 g/mol. The summed E-state index contributed by atoms with van der Waals surface area (Å²) in [5.41, 5.74) is 2.91. The Balaban J connectivity index is 2.36. The summed E-state index contributed by atoms with van der Waals surface area (Å²) in [4.78, 5) is 4.64. The van der Waals surface area contributed by atoms with Gasteiger partial charge in [-0.25, -0.2) is 4.98 Å². The fourth-order valence-corrected chi connectivity index (χ4v) is 3.02. The molecule has 19 heavy (non-hydrogen) atoms. The molecule has 0 aromatic carbocycles. The SMILES string of the molecule is Cc1nn(C)c2c1nc(CCCl)n2CCCS(C)=O. The molecule has 2 aromatic rings. The van der Waals surface area contributed by atoms with Crippen molar-refractivity contribution < 1.29 is 4.21 Å². The maximum Gasteiger partial charge on any atom is 0.158 e. The lowest BCUT2D eigenvalue weighted by molar-refractivity contribution is 0.627. The first-order chi connectivity index (χ1) is 9.04. The van der Waals surface area contributed by atoms with Crippen molar-refractivity contribution >= 4 is 33.6 Å². The van der Waals surface area contributed by atoms with E-state index in [-0.39, 0.29) is 0 Å². The van der Waals surface area contributed by atoms with Crippen molar-refractivity contribution in [3.63, 3.8) is 0 Å². The number of aromatic nitrogens is 4. The maximum absolute atomic E-state index is 11.2. The highest BCUT2D eigenvalue weighted by atomic mass is 35.5. The highest BCUT2D eigenvalue weighted by Crippen LogP contribution is 2.20. The van der Waals surface area contributed by atoms with Crippen LogP contribution in [-0.4, -0.2) is 41.4 Å². The van der Waals surface area contributed by atoms with Crippen molar-refractivity contribution in [2.75, 3.05) is 17.9 Å². The van der Waals surface area contributed by atoms with Crippen LogP contribution in [0.25, 0.3) is 11.2 Å². The summed E-state index contributed by atoms with van der Waals surface area (Å²) in [5, 5.41) is 4.40. The number of hydrogen-bond donors (Lipinski definition) is 0. The van der Waals surface area contributed by atoms with E-state index >= 15 is 0 Å². The van der Waals surface area contributed by atoms with Gasteiger partial charge in [-0.15, -0.1) is 11.6 Å². The lowest BCUT2D eigenvalue weighted by atomic mass is 10.4. The summed E-state index contributed by atoms with van der Waals surface area (Å²) in [6, 6.07) is 0. The Hall–Kier alpha value is -0.880. The first-order valence-corrected chi connectivity index (χ1v) is 8.55. The zero-order chi connectivity index (χ0) is 14.0. The van der Waals surface area contributed by atoms with Gasteiger partial charge < -0.3 is 4.57 Å². The molecule has 0 N–H and O–H groups in total. The van der Waals surface area contributed by atoms with E-state index in [9.17, 15) is 4.21 Å². The van der Waals surface area contributed by atoms with Crippen LogP contribution in [0.3, 0.4) is 0 Å². The highest BCUT2D eigenvalue weighted by Gasteiger charge is 2.16. The minimum atomic E-state index is -0.754. The molecule has 2 heterocycles. The Morgan fingerprint density at radius 2 is 2.16 bits per heavy atom. The fraction of sp³-hybridized carbons (Fsp3) is 0.667. The summed E-state index contributed by atoms with van der Waals surface area (Å²) in [7, 11) is 1.17. The van der Waals surface area contributed by atoms with Crippen LogP contribution in [-0.2, 0) is 30.8 Å². The number of hydrogen-bond acceptors (Lipinski definition) is 3. The monoisotopic (exact) mass is 302 g/mol. The molecule has 1 unspecified atom stereocenters. The molecule has 0 amide bonds. The minimum absolute atomic E-state index is 0.551. The van der Waals surface area contributed by atoms with E-state index in [1.54, 1.807) is 6.26 Å². The fourth-order valence-electron chi connectivity index (χ4n) is 2.32. The Bertz CT molecular complexity index is 604. The second kappa shape index (κ2) is 6.05. The van der Waals surface area contributed by atoms with E-state index < -0.39 is 10.8 Å². The summed E-state index contributed by atoms with van der Waals surface area (Å²) < 4.78 is 15.2. The van der Waals surface area contributed by atoms with Gasteiger partial charge in [0, 0.05) is 48.7 Å². The van der Waals surface area contributed by atoms with E-state index in [1.807, 2.05) is 18.7 Å². The Morgan fingerprint density at radius 1 is 1.42 bits per heavy atom. The van der Waals surface area contributed by atoms with Crippen LogP contribution >= 0.6 is 11.6 Å². The molecule has 106 valence electrons. The molecule has 7 heteroatoms. The molecule has 2 aromatic heterocycles. The van der Waals surface area contributed by atoms with Gasteiger partial charge in [0.25, 0.3) is 0 Å². The summed E-state index contributed by atoms with van der Waals surface area (Å²) >= 11 is 5.84. The van der Waals surface area contributed by atoms with Gasteiger partial charge in [0.1, 0.15) is 11.3 Å². The zero-order valence-corrected chi connectivity index (χ0v) is 13.1. The normalized spacial score (nSPS) is 13.3. The molecule has 0 radical (unpaired) electrons. The van der Waals surface area contributed by atoms with Crippen molar-refractivity contribution in [2.45, 2.75) is 26.3 Å². The van der Waals surface area contributed by atoms with Crippen molar-refractivity contribution in [3.05, 3.63) is 11.5 Å². The smallest absolute Gasteiger partial charge is 0.158 e. The van der Waals surface area contributed by atoms with Gasteiger partial charge >= 0.3 is 0 Å². The lowest BCUT2D eigenvalue weighted by Crippen LogP contribution is -2.10. The number of imidazole rings is 1. The first-order valence-electron chi connectivity index (χ1n) is 6.29. The van der Waals surface area contributed by atoms with Crippen LogP contribution in [0.5, 0.6) is 0 Å². The molecule has 0 saturated carbocycles. The van der Waals surface area contributed by atoms with Gasteiger partial charge in [0.15, 0.2) is 5.65 Å².